The summed E-state index contributed by atoms with van der Waals surface area (Å²) in [5.74, 6) is 3.51. The van der Waals surface area contributed by atoms with Gasteiger partial charge in [0.15, 0.2) is 0 Å². The first kappa shape index (κ1) is 13.3. The number of nitrogens with zero attached hydrogens (tertiary/aromatic N) is 1. The maximum atomic E-state index is 11.8. The van der Waals surface area contributed by atoms with Gasteiger partial charge in [-0.15, -0.1) is 0 Å². The van der Waals surface area contributed by atoms with E-state index in [4.69, 9.17) is 0 Å². The standard InChI is InChI=1S/C14H25NOS/c16-14-8-11-17-12-10-15(14)9-4-7-13-5-2-1-3-6-13/h13H,1-12H2. The summed E-state index contributed by atoms with van der Waals surface area (Å²) < 4.78 is 0. The second-order valence-corrected chi connectivity index (χ2v) is 6.61. The van der Waals surface area contributed by atoms with Crippen molar-refractivity contribution in [3.8, 4) is 0 Å². The molecule has 0 N–H and O–H groups in total. The Morgan fingerprint density at radius 3 is 2.82 bits per heavy atom. The van der Waals surface area contributed by atoms with Crippen LogP contribution in [0.1, 0.15) is 51.4 Å². The predicted molar refractivity (Wildman–Crippen MR) is 74.3 cm³/mol. The van der Waals surface area contributed by atoms with Crippen molar-refractivity contribution in [2.45, 2.75) is 51.4 Å². The monoisotopic (exact) mass is 255 g/mol. The van der Waals surface area contributed by atoms with Crippen LogP contribution in [0.5, 0.6) is 0 Å². The third-order valence-corrected chi connectivity index (χ3v) is 5.05. The van der Waals surface area contributed by atoms with Crippen LogP contribution in [0.2, 0.25) is 0 Å². The Kier molecular flexibility index (Phi) is 5.69. The number of hydrogen-bond acceptors (Lipinski definition) is 2. The van der Waals surface area contributed by atoms with E-state index in [0.29, 0.717) is 5.91 Å². The molecule has 1 saturated carbocycles. The molecule has 0 aromatic heterocycles. The van der Waals surface area contributed by atoms with Crippen LogP contribution in [-0.4, -0.2) is 35.4 Å². The lowest BCUT2D eigenvalue weighted by molar-refractivity contribution is -0.130. The summed E-state index contributed by atoms with van der Waals surface area (Å²) in [7, 11) is 0. The van der Waals surface area contributed by atoms with Crippen molar-refractivity contribution in [2.24, 2.45) is 5.92 Å². The van der Waals surface area contributed by atoms with Crippen LogP contribution < -0.4 is 0 Å². The number of amides is 1. The van der Waals surface area contributed by atoms with Crippen molar-refractivity contribution >= 4 is 17.7 Å². The molecule has 1 aliphatic carbocycles. The van der Waals surface area contributed by atoms with Gasteiger partial charge in [0.2, 0.25) is 5.91 Å². The highest BCUT2D eigenvalue weighted by Gasteiger charge is 2.17. The molecule has 2 aliphatic rings. The molecule has 3 heteroatoms. The highest BCUT2D eigenvalue weighted by Crippen LogP contribution is 2.27. The Bertz CT molecular complexity index is 238. The molecule has 0 aromatic rings. The predicted octanol–water partition coefficient (Wildman–Crippen LogP) is 3.31. The van der Waals surface area contributed by atoms with E-state index in [1.54, 1.807) is 0 Å². The van der Waals surface area contributed by atoms with Crippen molar-refractivity contribution in [2.75, 3.05) is 24.6 Å². The third-order valence-electron chi connectivity index (χ3n) is 4.08. The van der Waals surface area contributed by atoms with Gasteiger partial charge >= 0.3 is 0 Å². The van der Waals surface area contributed by atoms with E-state index in [2.05, 4.69) is 4.90 Å². The lowest BCUT2D eigenvalue weighted by atomic mass is 9.86. The van der Waals surface area contributed by atoms with Gasteiger partial charge in [0.1, 0.15) is 0 Å². The summed E-state index contributed by atoms with van der Waals surface area (Å²) in [5.41, 5.74) is 0. The second kappa shape index (κ2) is 7.30. The Labute approximate surface area is 110 Å². The molecule has 1 aliphatic heterocycles. The maximum absolute atomic E-state index is 11.8. The quantitative estimate of drug-likeness (QED) is 0.768. The third kappa shape index (κ3) is 4.53. The van der Waals surface area contributed by atoms with Gasteiger partial charge in [-0.2, -0.15) is 11.8 Å². The van der Waals surface area contributed by atoms with E-state index in [1.165, 1.54) is 44.9 Å². The van der Waals surface area contributed by atoms with Gasteiger partial charge in [-0.25, -0.2) is 0 Å². The van der Waals surface area contributed by atoms with Gasteiger partial charge in [-0.3, -0.25) is 4.79 Å². The number of thioether (sulfide) groups is 1. The molecule has 2 rings (SSSR count). The maximum Gasteiger partial charge on any atom is 0.223 e. The van der Waals surface area contributed by atoms with E-state index >= 15 is 0 Å². The normalized spacial score (nSPS) is 23.8. The van der Waals surface area contributed by atoms with Crippen LogP contribution in [0.15, 0.2) is 0 Å². The molecule has 1 saturated heterocycles. The van der Waals surface area contributed by atoms with Gasteiger partial charge in [-0.1, -0.05) is 32.1 Å². The molecule has 0 unspecified atom stereocenters. The molecule has 0 aromatic carbocycles. The van der Waals surface area contributed by atoms with E-state index in [1.807, 2.05) is 11.8 Å². The SMILES string of the molecule is O=C1CCSCCN1CCCC1CCCCC1. The molecule has 98 valence electrons. The zero-order chi connectivity index (χ0) is 11.9. The van der Waals surface area contributed by atoms with Crippen molar-refractivity contribution in [3.05, 3.63) is 0 Å². The number of rotatable bonds is 4. The van der Waals surface area contributed by atoms with E-state index in [9.17, 15) is 4.79 Å². The molecular weight excluding hydrogens is 230 g/mol. The highest BCUT2D eigenvalue weighted by molar-refractivity contribution is 7.99. The van der Waals surface area contributed by atoms with Gasteiger partial charge in [-0.05, 0) is 18.8 Å². The molecule has 0 bridgehead atoms. The summed E-state index contributed by atoms with van der Waals surface area (Å²) in [4.78, 5) is 13.9. The second-order valence-electron chi connectivity index (χ2n) is 5.39. The fourth-order valence-electron chi connectivity index (χ4n) is 3.00. The fourth-order valence-corrected chi connectivity index (χ4v) is 3.87. The topological polar surface area (TPSA) is 20.3 Å². The summed E-state index contributed by atoms with van der Waals surface area (Å²) >= 11 is 1.92. The van der Waals surface area contributed by atoms with Crippen molar-refractivity contribution < 1.29 is 4.79 Å². The van der Waals surface area contributed by atoms with Crippen LogP contribution in [0.4, 0.5) is 0 Å². The summed E-state index contributed by atoms with van der Waals surface area (Å²) in [5, 5.41) is 0. The molecule has 2 nitrogen and oxygen atoms in total. The number of carbonyl (C=O) groups excluding carboxylic acids is 1. The van der Waals surface area contributed by atoms with E-state index < -0.39 is 0 Å². The smallest absolute Gasteiger partial charge is 0.223 e. The van der Waals surface area contributed by atoms with E-state index in [-0.39, 0.29) is 0 Å². The lowest BCUT2D eigenvalue weighted by Crippen LogP contribution is -2.32. The molecule has 0 spiro atoms. The average Bonchev–Trinajstić information content (AvgIpc) is 2.56. The minimum Gasteiger partial charge on any atom is -0.342 e. The Morgan fingerprint density at radius 1 is 1.18 bits per heavy atom. The Hall–Kier alpha value is -0.180. The Morgan fingerprint density at radius 2 is 2.00 bits per heavy atom. The molecule has 1 amide bonds. The molecule has 2 fully saturated rings. The minimum absolute atomic E-state index is 0.388. The van der Waals surface area contributed by atoms with Gasteiger partial charge in [0.25, 0.3) is 0 Å². The van der Waals surface area contributed by atoms with Gasteiger partial charge in [0, 0.05) is 31.0 Å². The van der Waals surface area contributed by atoms with Crippen LogP contribution in [-0.2, 0) is 4.79 Å². The summed E-state index contributed by atoms with van der Waals surface area (Å²) in [6.45, 7) is 1.99. The molecule has 1 heterocycles. The van der Waals surface area contributed by atoms with Gasteiger partial charge in [0.05, 0.1) is 0 Å². The number of hydrogen-bond donors (Lipinski definition) is 0. The van der Waals surface area contributed by atoms with Crippen LogP contribution >= 0.6 is 11.8 Å². The molecule has 0 atom stereocenters. The van der Waals surface area contributed by atoms with Gasteiger partial charge < -0.3 is 4.90 Å². The first-order valence-electron chi connectivity index (χ1n) is 7.22. The highest BCUT2D eigenvalue weighted by atomic mass is 32.2. The van der Waals surface area contributed by atoms with Crippen molar-refractivity contribution in [3.63, 3.8) is 0 Å². The molecule has 0 radical (unpaired) electrons. The zero-order valence-corrected chi connectivity index (χ0v) is 11.6. The van der Waals surface area contributed by atoms with Crippen molar-refractivity contribution in [1.29, 1.82) is 0 Å². The largest absolute Gasteiger partial charge is 0.342 e. The van der Waals surface area contributed by atoms with Crippen LogP contribution in [0.25, 0.3) is 0 Å². The summed E-state index contributed by atoms with van der Waals surface area (Å²) in [6.07, 6.45) is 10.5. The van der Waals surface area contributed by atoms with Crippen LogP contribution in [0, 0.1) is 5.92 Å². The van der Waals surface area contributed by atoms with E-state index in [0.717, 1.165) is 36.9 Å². The first-order valence-corrected chi connectivity index (χ1v) is 8.37. The molecular formula is C14H25NOS. The first-order chi connectivity index (χ1) is 8.36. The zero-order valence-electron chi connectivity index (χ0n) is 10.8. The Balaban J connectivity index is 1.64. The number of carbonyl (C=O) groups is 1. The van der Waals surface area contributed by atoms with Crippen molar-refractivity contribution in [1.82, 2.24) is 4.90 Å². The molecule has 17 heavy (non-hydrogen) atoms. The fraction of sp³-hybridized carbons (Fsp3) is 0.929. The minimum atomic E-state index is 0.388. The lowest BCUT2D eigenvalue weighted by Gasteiger charge is -2.24. The summed E-state index contributed by atoms with van der Waals surface area (Å²) in [6, 6.07) is 0. The van der Waals surface area contributed by atoms with Crippen LogP contribution in [0.3, 0.4) is 0 Å². The average molecular weight is 255 g/mol.